The van der Waals surface area contributed by atoms with Crippen molar-refractivity contribution >= 4 is 50.4 Å². The van der Waals surface area contributed by atoms with Crippen LogP contribution in [0.2, 0.25) is 0 Å². The van der Waals surface area contributed by atoms with Crippen LogP contribution >= 0.6 is 11.3 Å². The largest absolute Gasteiger partial charge is 0.465 e. The third kappa shape index (κ3) is 3.04. The van der Waals surface area contributed by atoms with Crippen molar-refractivity contribution in [3.05, 3.63) is 76.8 Å². The van der Waals surface area contributed by atoms with Crippen molar-refractivity contribution in [2.45, 2.75) is 0 Å². The van der Waals surface area contributed by atoms with Gasteiger partial charge in [0, 0.05) is 21.7 Å². The predicted molar refractivity (Wildman–Crippen MR) is 104 cm³/mol. The van der Waals surface area contributed by atoms with Crippen LogP contribution in [0.4, 0.5) is 0 Å². The molecule has 0 unspecified atom stereocenters. The lowest BCUT2D eigenvalue weighted by atomic mass is 10.1. The second-order valence-electron chi connectivity index (χ2n) is 5.66. The summed E-state index contributed by atoms with van der Waals surface area (Å²) in [6, 6.07) is 18.1. The van der Waals surface area contributed by atoms with Crippen molar-refractivity contribution < 1.29 is 9.53 Å². The van der Waals surface area contributed by atoms with Crippen LogP contribution in [-0.4, -0.2) is 18.1 Å². The number of ether oxygens (including phenoxy) is 1. The first kappa shape index (κ1) is 15.5. The molecule has 0 aliphatic heterocycles. The number of hydrogen-bond acceptors (Lipinski definition) is 4. The summed E-state index contributed by atoms with van der Waals surface area (Å²) >= 11 is 1.45. The van der Waals surface area contributed by atoms with Gasteiger partial charge in [-0.25, -0.2) is 4.79 Å². The Hall–Kier alpha value is -2.98. The molecule has 0 aliphatic carbocycles. The molecule has 2 heterocycles. The van der Waals surface area contributed by atoms with E-state index in [4.69, 9.17) is 4.74 Å². The molecule has 4 heteroatoms. The number of thiophene rings is 1. The number of esters is 1. The van der Waals surface area contributed by atoms with Crippen LogP contribution in [0.15, 0.2) is 60.8 Å². The molecular weight excluding hydrogens is 330 g/mol. The van der Waals surface area contributed by atoms with Crippen LogP contribution in [-0.2, 0) is 4.74 Å². The summed E-state index contributed by atoms with van der Waals surface area (Å²) in [5.41, 5.74) is 3.10. The molecular formula is C21H15NO2S. The zero-order chi connectivity index (χ0) is 17.2. The molecule has 4 aromatic rings. The molecule has 0 spiro atoms. The Kier molecular flexibility index (Phi) is 4.04. The number of rotatable bonds is 3. The van der Waals surface area contributed by atoms with Gasteiger partial charge in [0.05, 0.1) is 12.6 Å². The minimum Gasteiger partial charge on any atom is -0.465 e. The quantitative estimate of drug-likeness (QED) is 0.466. The fraction of sp³-hybridized carbons (Fsp3) is 0.0476. The number of pyridine rings is 1. The highest BCUT2D eigenvalue weighted by atomic mass is 32.1. The van der Waals surface area contributed by atoms with Crippen LogP contribution in [0, 0.1) is 0 Å². The first-order chi connectivity index (χ1) is 12.2. The number of benzene rings is 2. The molecule has 0 radical (unpaired) electrons. The summed E-state index contributed by atoms with van der Waals surface area (Å²) in [5, 5.41) is 2.17. The predicted octanol–water partition coefficient (Wildman–Crippen LogP) is 5.41. The topological polar surface area (TPSA) is 39.2 Å². The number of nitrogens with zero attached hydrogens (tertiary/aromatic N) is 1. The maximum absolute atomic E-state index is 11.8. The fourth-order valence-electron chi connectivity index (χ4n) is 2.80. The highest BCUT2D eigenvalue weighted by Gasteiger charge is 2.11. The number of methoxy groups -OCH3 is 1. The monoisotopic (exact) mass is 345 g/mol. The Labute approximate surface area is 149 Å². The second-order valence-corrected chi connectivity index (χ2v) is 6.74. The van der Waals surface area contributed by atoms with E-state index in [1.165, 1.54) is 18.4 Å². The lowest BCUT2D eigenvalue weighted by molar-refractivity contribution is 0.0606. The van der Waals surface area contributed by atoms with E-state index in [0.717, 1.165) is 32.1 Å². The molecule has 3 nitrogen and oxygen atoms in total. The summed E-state index contributed by atoms with van der Waals surface area (Å²) in [7, 11) is 1.40. The number of aromatic nitrogens is 1. The first-order valence-corrected chi connectivity index (χ1v) is 8.70. The Morgan fingerprint density at radius 2 is 1.96 bits per heavy atom. The second kappa shape index (κ2) is 6.49. The van der Waals surface area contributed by atoms with Crippen LogP contribution in [0.5, 0.6) is 0 Å². The normalized spacial score (nSPS) is 11.4. The number of fused-ring (bicyclic) bond motifs is 2. The molecule has 122 valence electrons. The lowest BCUT2D eigenvalue weighted by Gasteiger charge is -1.99. The van der Waals surface area contributed by atoms with Gasteiger partial charge in [0.2, 0.25) is 0 Å². The summed E-state index contributed by atoms with van der Waals surface area (Å²) in [6.07, 6.45) is 5.97. The van der Waals surface area contributed by atoms with E-state index in [-0.39, 0.29) is 5.97 Å². The van der Waals surface area contributed by atoms with Crippen molar-refractivity contribution in [2.75, 3.05) is 7.11 Å². The van der Waals surface area contributed by atoms with Crippen LogP contribution in [0.3, 0.4) is 0 Å². The van der Waals surface area contributed by atoms with E-state index in [1.54, 1.807) is 0 Å². The Balaban J connectivity index is 1.72. The van der Waals surface area contributed by atoms with Crippen molar-refractivity contribution in [1.29, 1.82) is 0 Å². The van der Waals surface area contributed by atoms with Gasteiger partial charge in [0.1, 0.15) is 4.88 Å². The van der Waals surface area contributed by atoms with Crippen molar-refractivity contribution in [3.8, 4) is 0 Å². The van der Waals surface area contributed by atoms with Gasteiger partial charge in [-0.15, -0.1) is 11.3 Å². The Bertz CT molecular complexity index is 1110. The third-order valence-corrected chi connectivity index (χ3v) is 5.13. The van der Waals surface area contributed by atoms with E-state index in [0.29, 0.717) is 4.88 Å². The molecule has 2 aromatic heterocycles. The molecule has 25 heavy (non-hydrogen) atoms. The molecule has 0 bridgehead atoms. The minimum absolute atomic E-state index is 0.296. The summed E-state index contributed by atoms with van der Waals surface area (Å²) < 4.78 is 5.89. The van der Waals surface area contributed by atoms with Gasteiger partial charge in [0.15, 0.2) is 0 Å². The number of hydrogen-bond donors (Lipinski definition) is 0. The van der Waals surface area contributed by atoms with E-state index >= 15 is 0 Å². The number of carbonyl (C=O) groups excluding carboxylic acids is 1. The molecule has 2 aromatic carbocycles. The average molecular weight is 345 g/mol. The van der Waals surface area contributed by atoms with Gasteiger partial charge in [0.25, 0.3) is 0 Å². The van der Waals surface area contributed by atoms with Crippen molar-refractivity contribution in [2.24, 2.45) is 0 Å². The standard InChI is InChI=1S/C21H15NO2S/c1-24-21(23)20-12-17-15(6-4-8-19(17)25-20)10-9-14-11-16-5-2-3-7-18(16)22-13-14/h2-13H,1H3/b10-9+. The van der Waals surface area contributed by atoms with Gasteiger partial charge in [-0.3, -0.25) is 4.98 Å². The maximum Gasteiger partial charge on any atom is 0.348 e. The van der Waals surface area contributed by atoms with Gasteiger partial charge in [-0.1, -0.05) is 42.5 Å². The molecule has 0 atom stereocenters. The number of carbonyl (C=O) groups is 1. The summed E-state index contributed by atoms with van der Waals surface area (Å²) in [5.74, 6) is -0.296. The van der Waals surface area contributed by atoms with E-state index in [2.05, 4.69) is 23.2 Å². The van der Waals surface area contributed by atoms with E-state index < -0.39 is 0 Å². The molecule has 0 saturated carbocycles. The van der Waals surface area contributed by atoms with Crippen molar-refractivity contribution in [1.82, 2.24) is 4.98 Å². The van der Waals surface area contributed by atoms with E-state index in [1.807, 2.05) is 54.7 Å². The lowest BCUT2D eigenvalue weighted by Crippen LogP contribution is -1.96. The smallest absolute Gasteiger partial charge is 0.348 e. The van der Waals surface area contributed by atoms with Gasteiger partial charge < -0.3 is 4.74 Å². The SMILES string of the molecule is COC(=O)c1cc2c(/C=C/c3cnc4ccccc4c3)cccc2s1. The van der Waals surface area contributed by atoms with Gasteiger partial charge >= 0.3 is 5.97 Å². The summed E-state index contributed by atoms with van der Waals surface area (Å²) in [6.45, 7) is 0. The maximum atomic E-state index is 11.8. The zero-order valence-corrected chi connectivity index (χ0v) is 14.4. The fourth-order valence-corrected chi connectivity index (χ4v) is 3.81. The highest BCUT2D eigenvalue weighted by Crippen LogP contribution is 2.30. The molecule has 0 fully saturated rings. The minimum atomic E-state index is -0.296. The van der Waals surface area contributed by atoms with Crippen LogP contribution in [0.1, 0.15) is 20.8 Å². The van der Waals surface area contributed by atoms with Gasteiger partial charge in [-0.2, -0.15) is 0 Å². The molecule has 0 amide bonds. The zero-order valence-electron chi connectivity index (χ0n) is 13.6. The Morgan fingerprint density at radius 1 is 1.08 bits per heavy atom. The molecule has 0 aliphatic rings. The summed E-state index contributed by atoms with van der Waals surface area (Å²) in [4.78, 5) is 16.9. The van der Waals surface area contributed by atoms with Crippen molar-refractivity contribution in [3.63, 3.8) is 0 Å². The number of para-hydroxylation sites is 1. The van der Waals surface area contributed by atoms with Crippen LogP contribution < -0.4 is 0 Å². The van der Waals surface area contributed by atoms with Gasteiger partial charge in [-0.05, 0) is 35.4 Å². The average Bonchev–Trinajstić information content (AvgIpc) is 3.10. The van der Waals surface area contributed by atoms with Crippen LogP contribution in [0.25, 0.3) is 33.1 Å². The van der Waals surface area contributed by atoms with E-state index in [9.17, 15) is 4.79 Å². The molecule has 0 N–H and O–H groups in total. The third-order valence-electron chi connectivity index (χ3n) is 4.05. The highest BCUT2D eigenvalue weighted by molar-refractivity contribution is 7.20. The molecule has 4 rings (SSSR count). The Morgan fingerprint density at radius 3 is 2.84 bits per heavy atom. The molecule has 0 saturated heterocycles. The first-order valence-electron chi connectivity index (χ1n) is 7.88.